The smallest absolute Gasteiger partial charge is 0.106 e. The summed E-state index contributed by atoms with van der Waals surface area (Å²) in [4.78, 5) is 0. The first kappa shape index (κ1) is 4.23. The topological polar surface area (TPSA) is 24.7 Å². The van der Waals surface area contributed by atoms with E-state index in [2.05, 4.69) is 32.8 Å². The standard InChI is InChI=1S/C3H3IN2/c4-3-1-2-5-6-3/h2H,1H2. The van der Waals surface area contributed by atoms with E-state index in [0.29, 0.717) is 0 Å². The van der Waals surface area contributed by atoms with Crippen LogP contribution >= 0.6 is 22.6 Å². The van der Waals surface area contributed by atoms with E-state index in [-0.39, 0.29) is 0 Å². The van der Waals surface area contributed by atoms with Crippen LogP contribution in [0.5, 0.6) is 0 Å². The first-order valence-electron chi connectivity index (χ1n) is 1.63. The van der Waals surface area contributed by atoms with Gasteiger partial charge in [-0.1, -0.05) is 0 Å². The lowest BCUT2D eigenvalue weighted by molar-refractivity contribution is 1.29. The highest BCUT2D eigenvalue weighted by Gasteiger charge is 1.92. The van der Waals surface area contributed by atoms with Gasteiger partial charge in [0.1, 0.15) is 3.72 Å². The normalized spacial score (nSPS) is 18.5. The van der Waals surface area contributed by atoms with E-state index in [1.54, 1.807) is 6.21 Å². The van der Waals surface area contributed by atoms with Crippen molar-refractivity contribution >= 4 is 32.5 Å². The summed E-state index contributed by atoms with van der Waals surface area (Å²) < 4.78 is 1.08. The number of hydrogen-bond donors (Lipinski definition) is 0. The summed E-state index contributed by atoms with van der Waals surface area (Å²) in [7, 11) is 0. The van der Waals surface area contributed by atoms with Crippen LogP contribution in [0.25, 0.3) is 0 Å². The molecule has 1 aliphatic rings. The maximum Gasteiger partial charge on any atom is 0.106 e. The van der Waals surface area contributed by atoms with Gasteiger partial charge in [0.2, 0.25) is 0 Å². The molecule has 0 aromatic rings. The molecule has 0 saturated carbocycles. The van der Waals surface area contributed by atoms with Crippen molar-refractivity contribution in [2.75, 3.05) is 0 Å². The largest absolute Gasteiger partial charge is 0.162 e. The Labute approximate surface area is 49.5 Å². The molecule has 0 unspecified atom stereocenters. The third-order valence-corrected chi connectivity index (χ3v) is 1.16. The van der Waals surface area contributed by atoms with Crippen molar-refractivity contribution in [3.8, 4) is 0 Å². The van der Waals surface area contributed by atoms with E-state index in [1.165, 1.54) is 0 Å². The fourth-order valence-corrected chi connectivity index (χ4v) is 0.582. The Bertz CT molecular complexity index is 105. The van der Waals surface area contributed by atoms with E-state index in [0.717, 1.165) is 10.1 Å². The monoisotopic (exact) mass is 194 g/mol. The Balaban J connectivity index is 2.61. The molecule has 0 amide bonds. The van der Waals surface area contributed by atoms with Gasteiger partial charge in [0, 0.05) is 12.6 Å². The van der Waals surface area contributed by atoms with Crippen molar-refractivity contribution in [2.24, 2.45) is 10.2 Å². The average molecular weight is 194 g/mol. The van der Waals surface area contributed by atoms with E-state index in [1.807, 2.05) is 0 Å². The minimum atomic E-state index is 0.931. The summed E-state index contributed by atoms with van der Waals surface area (Å²) in [6.45, 7) is 0. The lowest BCUT2D eigenvalue weighted by Gasteiger charge is -1.70. The molecule has 0 aliphatic carbocycles. The van der Waals surface area contributed by atoms with Crippen LogP contribution in [0.2, 0.25) is 0 Å². The van der Waals surface area contributed by atoms with Crippen LogP contribution in [0.15, 0.2) is 10.2 Å². The molecule has 0 fully saturated rings. The highest BCUT2D eigenvalue weighted by atomic mass is 127. The summed E-state index contributed by atoms with van der Waals surface area (Å²) in [6.07, 6.45) is 2.72. The fraction of sp³-hybridized carbons (Fsp3) is 0.333. The zero-order valence-corrected chi connectivity index (χ0v) is 5.21. The summed E-state index contributed by atoms with van der Waals surface area (Å²) >= 11 is 2.16. The van der Waals surface area contributed by atoms with Crippen LogP contribution in [0, 0.1) is 0 Å². The maximum atomic E-state index is 3.71. The average Bonchev–Trinajstić information content (AvgIpc) is 1.86. The highest BCUT2D eigenvalue weighted by molar-refractivity contribution is 14.1. The van der Waals surface area contributed by atoms with Gasteiger partial charge in [-0.3, -0.25) is 0 Å². The van der Waals surface area contributed by atoms with Gasteiger partial charge in [0.05, 0.1) is 0 Å². The Morgan fingerprint density at radius 2 is 2.67 bits per heavy atom. The molecule has 0 saturated heterocycles. The molecule has 0 aromatic carbocycles. The van der Waals surface area contributed by atoms with Crippen molar-refractivity contribution in [3.63, 3.8) is 0 Å². The highest BCUT2D eigenvalue weighted by Crippen LogP contribution is 2.00. The molecular formula is C3H3IN2. The fourth-order valence-electron chi connectivity index (χ4n) is 0.260. The minimum Gasteiger partial charge on any atom is -0.162 e. The molecule has 1 rings (SSSR count). The van der Waals surface area contributed by atoms with Crippen molar-refractivity contribution < 1.29 is 0 Å². The van der Waals surface area contributed by atoms with Gasteiger partial charge in [0.25, 0.3) is 0 Å². The van der Waals surface area contributed by atoms with Crippen LogP contribution in [-0.4, -0.2) is 9.93 Å². The molecule has 1 aliphatic heterocycles. The van der Waals surface area contributed by atoms with Crippen LogP contribution in [-0.2, 0) is 0 Å². The van der Waals surface area contributed by atoms with Gasteiger partial charge in [0.15, 0.2) is 0 Å². The van der Waals surface area contributed by atoms with Crippen LogP contribution in [0.3, 0.4) is 0 Å². The summed E-state index contributed by atoms with van der Waals surface area (Å²) in [5, 5.41) is 7.33. The second-order valence-electron chi connectivity index (χ2n) is 0.978. The first-order chi connectivity index (χ1) is 2.89. The maximum absolute atomic E-state index is 3.71. The molecule has 3 heteroatoms. The molecule has 0 atom stereocenters. The van der Waals surface area contributed by atoms with Crippen molar-refractivity contribution in [2.45, 2.75) is 6.42 Å². The van der Waals surface area contributed by atoms with Crippen LogP contribution < -0.4 is 0 Å². The number of halogens is 1. The lowest BCUT2D eigenvalue weighted by atomic mass is 10.5. The molecule has 0 bridgehead atoms. The molecule has 0 spiro atoms. The molecule has 32 valence electrons. The third kappa shape index (κ3) is 0.767. The predicted octanol–water partition coefficient (Wildman–Crippen LogP) is 1.21. The van der Waals surface area contributed by atoms with E-state index in [4.69, 9.17) is 0 Å². The van der Waals surface area contributed by atoms with Crippen molar-refractivity contribution in [3.05, 3.63) is 0 Å². The van der Waals surface area contributed by atoms with Crippen molar-refractivity contribution in [1.29, 1.82) is 0 Å². The van der Waals surface area contributed by atoms with E-state index in [9.17, 15) is 0 Å². The Morgan fingerprint density at radius 1 is 1.83 bits per heavy atom. The lowest BCUT2D eigenvalue weighted by Crippen LogP contribution is -1.75. The second kappa shape index (κ2) is 1.68. The van der Waals surface area contributed by atoms with Gasteiger partial charge in [-0.2, -0.15) is 5.10 Å². The van der Waals surface area contributed by atoms with Gasteiger partial charge >= 0.3 is 0 Å². The molecule has 0 N–H and O–H groups in total. The molecule has 6 heavy (non-hydrogen) atoms. The molecule has 1 heterocycles. The van der Waals surface area contributed by atoms with Crippen LogP contribution in [0.4, 0.5) is 0 Å². The molecule has 0 radical (unpaired) electrons. The summed E-state index contributed by atoms with van der Waals surface area (Å²) in [6, 6.07) is 0. The van der Waals surface area contributed by atoms with Crippen LogP contribution in [0.1, 0.15) is 6.42 Å². The summed E-state index contributed by atoms with van der Waals surface area (Å²) in [5.41, 5.74) is 0. The SMILES string of the molecule is IC1=NN=CC1. The number of hydrogen-bond acceptors (Lipinski definition) is 2. The number of rotatable bonds is 0. The van der Waals surface area contributed by atoms with E-state index < -0.39 is 0 Å². The number of nitrogens with zero attached hydrogens (tertiary/aromatic N) is 2. The van der Waals surface area contributed by atoms with Gasteiger partial charge in [-0.05, 0) is 22.6 Å². The van der Waals surface area contributed by atoms with Gasteiger partial charge in [-0.15, -0.1) is 5.10 Å². The first-order valence-corrected chi connectivity index (χ1v) is 2.71. The minimum absolute atomic E-state index is 0.931. The Kier molecular flexibility index (Phi) is 1.19. The quantitative estimate of drug-likeness (QED) is 0.517. The zero-order valence-electron chi connectivity index (χ0n) is 3.06. The Hall–Kier alpha value is 0.0700. The van der Waals surface area contributed by atoms with Gasteiger partial charge in [-0.25, -0.2) is 0 Å². The molecular weight excluding hydrogens is 191 g/mol. The van der Waals surface area contributed by atoms with Gasteiger partial charge < -0.3 is 0 Å². The zero-order chi connectivity index (χ0) is 4.41. The van der Waals surface area contributed by atoms with E-state index >= 15 is 0 Å². The predicted molar refractivity (Wildman–Crippen MR) is 34.6 cm³/mol. The second-order valence-corrected chi connectivity index (χ2v) is 2.22. The summed E-state index contributed by atoms with van der Waals surface area (Å²) in [5.74, 6) is 0. The third-order valence-electron chi connectivity index (χ3n) is 0.508. The molecule has 2 nitrogen and oxygen atoms in total. The Morgan fingerprint density at radius 3 is 2.83 bits per heavy atom. The molecule has 0 aromatic heterocycles. The van der Waals surface area contributed by atoms with Crippen molar-refractivity contribution in [1.82, 2.24) is 0 Å².